The molecule has 11 heteroatoms. The summed E-state index contributed by atoms with van der Waals surface area (Å²) in [6, 6.07) is 6.85. The second-order valence-corrected chi connectivity index (χ2v) is 7.36. The van der Waals surface area contributed by atoms with Gasteiger partial charge in [0.2, 0.25) is 5.16 Å². The lowest BCUT2D eigenvalue weighted by atomic mass is 10.3. The number of rotatable bonds is 11. The van der Waals surface area contributed by atoms with Gasteiger partial charge in [-0.15, -0.1) is 5.10 Å². The third-order valence-corrected chi connectivity index (χ3v) is 4.41. The molecule has 0 fully saturated rings. The van der Waals surface area contributed by atoms with E-state index in [2.05, 4.69) is 20.8 Å². The summed E-state index contributed by atoms with van der Waals surface area (Å²) in [5.74, 6) is 0. The lowest BCUT2D eigenvalue weighted by Gasteiger charge is -2.21. The number of urea groups is 1. The molecular weight excluding hydrogens is 396 g/mol. The SMILES string of the molecule is CSc1nnnn1-c1cccc(NC(=O)N(C)CC(O)COCCOC(C)C)c1. The van der Waals surface area contributed by atoms with Crippen LogP contribution in [0.2, 0.25) is 0 Å². The highest BCUT2D eigenvalue weighted by Crippen LogP contribution is 2.18. The first-order chi connectivity index (χ1) is 13.9. The zero-order valence-corrected chi connectivity index (χ0v) is 17.9. The number of nitrogens with zero attached hydrogens (tertiary/aromatic N) is 5. The van der Waals surface area contributed by atoms with Crippen LogP contribution in [0.25, 0.3) is 5.69 Å². The molecule has 0 spiro atoms. The summed E-state index contributed by atoms with van der Waals surface area (Å²) in [5.41, 5.74) is 1.33. The molecule has 0 saturated heterocycles. The van der Waals surface area contributed by atoms with Gasteiger partial charge < -0.3 is 24.8 Å². The van der Waals surface area contributed by atoms with E-state index < -0.39 is 6.10 Å². The minimum absolute atomic E-state index is 0.130. The van der Waals surface area contributed by atoms with Crippen molar-refractivity contribution in [3.05, 3.63) is 24.3 Å². The molecule has 1 aromatic carbocycles. The standard InChI is InChI=1S/C18H28N6O4S/c1-13(2)28-9-8-27-12-16(25)11-23(3)17(26)19-14-6-5-7-15(10-14)24-18(29-4)20-21-22-24/h5-7,10,13,16,25H,8-9,11-12H2,1-4H3,(H,19,26). The number of hydrogen-bond donors (Lipinski definition) is 2. The summed E-state index contributed by atoms with van der Waals surface area (Å²) in [7, 11) is 1.61. The number of aliphatic hydroxyl groups excluding tert-OH is 1. The highest BCUT2D eigenvalue weighted by atomic mass is 32.2. The van der Waals surface area contributed by atoms with Gasteiger partial charge in [0.1, 0.15) is 0 Å². The van der Waals surface area contributed by atoms with Gasteiger partial charge in [-0.05, 0) is 48.7 Å². The maximum Gasteiger partial charge on any atom is 0.321 e. The number of amides is 2. The molecule has 0 aliphatic rings. The highest BCUT2D eigenvalue weighted by molar-refractivity contribution is 7.98. The zero-order chi connectivity index (χ0) is 21.2. The Bertz CT molecular complexity index is 772. The molecule has 2 aromatic rings. The van der Waals surface area contributed by atoms with E-state index in [1.54, 1.807) is 29.9 Å². The Kier molecular flexibility index (Phi) is 9.32. The number of thioether (sulfide) groups is 1. The van der Waals surface area contributed by atoms with Crippen molar-refractivity contribution in [2.75, 3.05) is 45.0 Å². The van der Waals surface area contributed by atoms with Gasteiger partial charge in [0, 0.05) is 12.7 Å². The lowest BCUT2D eigenvalue weighted by Crippen LogP contribution is -2.39. The van der Waals surface area contributed by atoms with Gasteiger partial charge in [0.05, 0.1) is 44.3 Å². The topological polar surface area (TPSA) is 115 Å². The number of carbonyl (C=O) groups is 1. The van der Waals surface area contributed by atoms with Crippen LogP contribution in [0.15, 0.2) is 29.4 Å². The molecule has 0 bridgehead atoms. The second-order valence-electron chi connectivity index (χ2n) is 6.59. The molecule has 0 aliphatic heterocycles. The summed E-state index contributed by atoms with van der Waals surface area (Å²) < 4.78 is 12.3. The molecule has 10 nitrogen and oxygen atoms in total. The molecular formula is C18H28N6O4S. The van der Waals surface area contributed by atoms with Crippen molar-refractivity contribution in [3.63, 3.8) is 0 Å². The summed E-state index contributed by atoms with van der Waals surface area (Å²) in [4.78, 5) is 13.8. The fourth-order valence-corrected chi connectivity index (χ4v) is 2.85. The Morgan fingerprint density at radius 1 is 1.38 bits per heavy atom. The van der Waals surface area contributed by atoms with Crippen molar-refractivity contribution in [1.29, 1.82) is 0 Å². The van der Waals surface area contributed by atoms with Crippen molar-refractivity contribution in [1.82, 2.24) is 25.1 Å². The van der Waals surface area contributed by atoms with Crippen molar-refractivity contribution >= 4 is 23.5 Å². The van der Waals surface area contributed by atoms with Crippen molar-refractivity contribution in [2.24, 2.45) is 0 Å². The molecule has 2 N–H and O–H groups in total. The van der Waals surface area contributed by atoms with E-state index in [1.807, 2.05) is 26.2 Å². The Morgan fingerprint density at radius 3 is 2.90 bits per heavy atom. The van der Waals surface area contributed by atoms with Gasteiger partial charge in [0.15, 0.2) is 0 Å². The molecule has 0 aliphatic carbocycles. The maximum atomic E-state index is 12.4. The van der Waals surface area contributed by atoms with Crippen LogP contribution in [0.4, 0.5) is 10.5 Å². The van der Waals surface area contributed by atoms with E-state index >= 15 is 0 Å². The third kappa shape index (κ3) is 7.61. The molecule has 2 rings (SSSR count). The van der Waals surface area contributed by atoms with Crippen LogP contribution in [0.1, 0.15) is 13.8 Å². The number of nitrogens with one attached hydrogen (secondary N) is 1. The van der Waals surface area contributed by atoms with E-state index in [-0.39, 0.29) is 25.3 Å². The molecule has 29 heavy (non-hydrogen) atoms. The van der Waals surface area contributed by atoms with Gasteiger partial charge in [-0.3, -0.25) is 0 Å². The van der Waals surface area contributed by atoms with Crippen molar-refractivity contribution in [3.8, 4) is 5.69 Å². The van der Waals surface area contributed by atoms with E-state index in [4.69, 9.17) is 9.47 Å². The van der Waals surface area contributed by atoms with Crippen LogP contribution >= 0.6 is 11.8 Å². The van der Waals surface area contributed by atoms with Crippen LogP contribution in [0, 0.1) is 0 Å². The Labute approximate surface area is 174 Å². The summed E-state index contributed by atoms with van der Waals surface area (Å²) >= 11 is 1.42. The van der Waals surface area contributed by atoms with E-state index in [9.17, 15) is 9.90 Å². The average molecular weight is 425 g/mol. The van der Waals surface area contributed by atoms with Gasteiger partial charge >= 0.3 is 6.03 Å². The molecule has 2 amide bonds. The fraction of sp³-hybridized carbons (Fsp3) is 0.556. The summed E-state index contributed by atoms with van der Waals surface area (Å²) in [6.45, 7) is 5.03. The van der Waals surface area contributed by atoms with Crippen LogP contribution in [-0.4, -0.2) is 88.1 Å². The molecule has 1 heterocycles. The number of likely N-dealkylation sites (N-methyl/N-ethyl adjacent to an activating group) is 1. The smallest absolute Gasteiger partial charge is 0.321 e. The molecule has 1 unspecified atom stereocenters. The number of anilines is 1. The Balaban J connectivity index is 1.82. The van der Waals surface area contributed by atoms with E-state index in [1.165, 1.54) is 16.7 Å². The first-order valence-electron chi connectivity index (χ1n) is 9.23. The predicted molar refractivity (Wildman–Crippen MR) is 110 cm³/mol. The Hall–Kier alpha value is -2.21. The quantitative estimate of drug-likeness (QED) is 0.413. The van der Waals surface area contributed by atoms with Crippen LogP contribution in [0.5, 0.6) is 0 Å². The number of ether oxygens (including phenoxy) is 2. The number of carbonyl (C=O) groups excluding carboxylic acids is 1. The van der Waals surface area contributed by atoms with Gasteiger partial charge in [0.25, 0.3) is 0 Å². The largest absolute Gasteiger partial charge is 0.389 e. The van der Waals surface area contributed by atoms with Crippen molar-refractivity contribution in [2.45, 2.75) is 31.2 Å². The first-order valence-corrected chi connectivity index (χ1v) is 10.5. The summed E-state index contributed by atoms with van der Waals surface area (Å²) in [6.07, 6.45) is 1.24. The number of tetrazole rings is 1. The van der Waals surface area contributed by atoms with E-state index in [0.29, 0.717) is 24.1 Å². The maximum absolute atomic E-state index is 12.4. The van der Waals surface area contributed by atoms with Gasteiger partial charge in [-0.25, -0.2) is 4.79 Å². The van der Waals surface area contributed by atoms with Crippen molar-refractivity contribution < 1.29 is 19.4 Å². The summed E-state index contributed by atoms with van der Waals surface area (Å²) in [5, 5.41) is 25.1. The van der Waals surface area contributed by atoms with Gasteiger partial charge in [-0.2, -0.15) is 4.68 Å². The van der Waals surface area contributed by atoms with Crippen LogP contribution < -0.4 is 5.32 Å². The second kappa shape index (κ2) is 11.7. The fourth-order valence-electron chi connectivity index (χ4n) is 2.42. The van der Waals surface area contributed by atoms with Gasteiger partial charge in [-0.1, -0.05) is 17.8 Å². The Morgan fingerprint density at radius 2 is 2.17 bits per heavy atom. The molecule has 1 aromatic heterocycles. The minimum Gasteiger partial charge on any atom is -0.389 e. The number of aliphatic hydroxyl groups is 1. The molecule has 0 radical (unpaired) electrons. The molecule has 1 atom stereocenters. The average Bonchev–Trinajstić information content (AvgIpc) is 3.16. The van der Waals surface area contributed by atoms with Crippen LogP contribution in [-0.2, 0) is 9.47 Å². The number of benzene rings is 1. The predicted octanol–water partition coefficient (Wildman–Crippen LogP) is 1.65. The lowest BCUT2D eigenvalue weighted by molar-refractivity contribution is -0.0144. The highest BCUT2D eigenvalue weighted by Gasteiger charge is 2.15. The number of hydrogen-bond acceptors (Lipinski definition) is 8. The third-order valence-electron chi connectivity index (χ3n) is 3.79. The normalized spacial score (nSPS) is 12.2. The minimum atomic E-state index is -0.790. The van der Waals surface area contributed by atoms with Crippen LogP contribution in [0.3, 0.4) is 0 Å². The first kappa shape index (κ1) is 23.1. The number of aromatic nitrogens is 4. The molecule has 160 valence electrons. The monoisotopic (exact) mass is 424 g/mol. The zero-order valence-electron chi connectivity index (χ0n) is 17.1. The van der Waals surface area contributed by atoms with E-state index in [0.717, 1.165) is 5.69 Å². The molecule has 0 saturated carbocycles.